The maximum atomic E-state index is 13.3. The van der Waals surface area contributed by atoms with Gasteiger partial charge < -0.3 is 9.47 Å². The quantitative estimate of drug-likeness (QED) is 0.250. The van der Waals surface area contributed by atoms with Crippen LogP contribution in [0.1, 0.15) is 16.7 Å². The fourth-order valence-electron chi connectivity index (χ4n) is 3.45. The number of anilines is 1. The van der Waals surface area contributed by atoms with E-state index in [0.717, 1.165) is 28.2 Å². The van der Waals surface area contributed by atoms with E-state index in [1.165, 1.54) is 25.3 Å². The zero-order valence-corrected chi connectivity index (χ0v) is 21.0. The molecule has 0 atom stereocenters. The third kappa shape index (κ3) is 5.35. The highest BCUT2D eigenvalue weighted by atomic mass is 127. The van der Waals surface area contributed by atoms with Crippen LogP contribution < -0.4 is 19.7 Å². The number of amides is 4. The zero-order valence-electron chi connectivity index (χ0n) is 18.8. The maximum absolute atomic E-state index is 13.3. The first-order chi connectivity index (χ1) is 16.8. The van der Waals surface area contributed by atoms with Crippen molar-refractivity contribution in [2.24, 2.45) is 0 Å². The molecule has 4 rings (SSSR count). The Labute approximate surface area is 214 Å². The van der Waals surface area contributed by atoms with Gasteiger partial charge in [-0.15, -0.1) is 0 Å². The summed E-state index contributed by atoms with van der Waals surface area (Å²) in [6.07, 6.45) is 1.37. The minimum atomic E-state index is -0.907. The molecule has 1 heterocycles. The third-order valence-electron chi connectivity index (χ3n) is 5.25. The van der Waals surface area contributed by atoms with Gasteiger partial charge in [-0.1, -0.05) is 29.8 Å². The molecule has 1 N–H and O–H groups in total. The molecule has 178 valence electrons. The van der Waals surface area contributed by atoms with Crippen molar-refractivity contribution >= 4 is 52.2 Å². The Balaban J connectivity index is 1.63. The summed E-state index contributed by atoms with van der Waals surface area (Å²) in [7, 11) is 1.49. The highest BCUT2D eigenvalue weighted by Gasteiger charge is 2.36. The second-order valence-electron chi connectivity index (χ2n) is 7.74. The number of carbonyl (C=O) groups excluding carboxylic acids is 3. The van der Waals surface area contributed by atoms with E-state index in [1.54, 1.807) is 12.1 Å². The number of halogens is 2. The van der Waals surface area contributed by atoms with Crippen molar-refractivity contribution in [3.8, 4) is 11.5 Å². The maximum Gasteiger partial charge on any atom is 0.335 e. The lowest BCUT2D eigenvalue weighted by molar-refractivity contribution is -0.122. The van der Waals surface area contributed by atoms with E-state index in [0.29, 0.717) is 27.2 Å². The van der Waals surface area contributed by atoms with Crippen molar-refractivity contribution in [1.29, 1.82) is 0 Å². The molecular weight excluding hydrogens is 566 g/mol. The van der Waals surface area contributed by atoms with Crippen LogP contribution in [0, 0.1) is 16.3 Å². The topological polar surface area (TPSA) is 84.9 Å². The summed E-state index contributed by atoms with van der Waals surface area (Å²) < 4.78 is 25.5. The van der Waals surface area contributed by atoms with Gasteiger partial charge in [0.15, 0.2) is 11.5 Å². The summed E-state index contributed by atoms with van der Waals surface area (Å²) in [5, 5.41) is 2.15. The normalized spacial score (nSPS) is 14.8. The Kier molecular flexibility index (Phi) is 7.15. The van der Waals surface area contributed by atoms with Gasteiger partial charge in [0.05, 0.1) is 16.4 Å². The van der Waals surface area contributed by atoms with Crippen LogP contribution in [0.3, 0.4) is 0 Å². The zero-order chi connectivity index (χ0) is 25.1. The van der Waals surface area contributed by atoms with E-state index in [9.17, 15) is 18.8 Å². The molecule has 0 aliphatic carbocycles. The third-order valence-corrected chi connectivity index (χ3v) is 6.05. The number of carbonyl (C=O) groups is 3. The van der Waals surface area contributed by atoms with Gasteiger partial charge in [0, 0.05) is 0 Å². The molecule has 35 heavy (non-hydrogen) atoms. The summed E-state index contributed by atoms with van der Waals surface area (Å²) in [5.74, 6) is -1.22. The van der Waals surface area contributed by atoms with Gasteiger partial charge in [-0.25, -0.2) is 14.1 Å². The van der Waals surface area contributed by atoms with E-state index in [4.69, 9.17) is 9.47 Å². The molecule has 1 fully saturated rings. The lowest BCUT2D eigenvalue weighted by Gasteiger charge is -2.26. The van der Waals surface area contributed by atoms with E-state index in [2.05, 4.69) is 27.9 Å². The molecule has 9 heteroatoms. The number of rotatable bonds is 6. The number of aryl methyl sites for hydroxylation is 1. The highest BCUT2D eigenvalue weighted by molar-refractivity contribution is 14.1. The number of imide groups is 2. The van der Waals surface area contributed by atoms with Crippen LogP contribution in [0.2, 0.25) is 0 Å². The molecule has 0 radical (unpaired) electrons. The number of barbiturate groups is 1. The Hall–Kier alpha value is -3.73. The lowest BCUT2D eigenvalue weighted by atomic mass is 10.1. The average molecular weight is 586 g/mol. The molecule has 0 spiro atoms. The summed E-state index contributed by atoms with van der Waals surface area (Å²) in [6, 6.07) is 15.2. The number of methoxy groups -OCH3 is 1. The molecule has 0 aromatic heterocycles. The predicted molar refractivity (Wildman–Crippen MR) is 137 cm³/mol. The Bertz CT molecular complexity index is 1340. The molecule has 3 aromatic rings. The van der Waals surface area contributed by atoms with Crippen LogP contribution >= 0.6 is 22.6 Å². The number of hydrogen-bond acceptors (Lipinski definition) is 5. The Morgan fingerprint density at radius 1 is 1.03 bits per heavy atom. The number of urea groups is 1. The van der Waals surface area contributed by atoms with Crippen LogP contribution in [-0.4, -0.2) is 25.0 Å². The van der Waals surface area contributed by atoms with E-state index >= 15 is 0 Å². The molecule has 4 amide bonds. The summed E-state index contributed by atoms with van der Waals surface area (Å²) in [4.78, 5) is 38.6. The molecule has 0 unspecified atom stereocenters. The standard InChI is InChI=1S/C26H20FIN2O5/c1-15-3-5-16(6-4-15)14-35-23-21(28)12-17(13-22(23)34-2)11-20-24(31)29-26(33)30(25(20)32)19-9-7-18(27)8-10-19/h3-13H,14H2,1-2H3,(H,29,31,33)/b20-11+. The van der Waals surface area contributed by atoms with Gasteiger partial charge >= 0.3 is 6.03 Å². The fourth-order valence-corrected chi connectivity index (χ4v) is 4.23. The summed E-state index contributed by atoms with van der Waals surface area (Å²) in [6.45, 7) is 2.35. The predicted octanol–water partition coefficient (Wildman–Crippen LogP) is 4.99. The molecule has 1 aliphatic rings. The highest BCUT2D eigenvalue weighted by Crippen LogP contribution is 2.35. The van der Waals surface area contributed by atoms with E-state index in [1.807, 2.05) is 31.2 Å². The molecule has 0 bridgehead atoms. The number of ether oxygens (including phenoxy) is 2. The fraction of sp³-hybridized carbons (Fsp3) is 0.115. The minimum absolute atomic E-state index is 0.138. The largest absolute Gasteiger partial charge is 0.493 e. The Morgan fingerprint density at radius 2 is 1.71 bits per heavy atom. The van der Waals surface area contributed by atoms with Crippen LogP contribution in [-0.2, 0) is 16.2 Å². The number of hydrogen-bond donors (Lipinski definition) is 1. The van der Waals surface area contributed by atoms with Gasteiger partial charge in [-0.05, 0) is 83.1 Å². The van der Waals surface area contributed by atoms with Crippen molar-refractivity contribution in [2.75, 3.05) is 12.0 Å². The van der Waals surface area contributed by atoms with Gasteiger partial charge in [-0.2, -0.15) is 0 Å². The Morgan fingerprint density at radius 3 is 2.37 bits per heavy atom. The monoisotopic (exact) mass is 586 g/mol. The summed E-state index contributed by atoms with van der Waals surface area (Å²) >= 11 is 2.09. The van der Waals surface area contributed by atoms with Crippen LogP contribution in [0.25, 0.3) is 6.08 Å². The SMILES string of the molecule is COc1cc(/C=C2\C(=O)NC(=O)N(c3ccc(F)cc3)C2=O)cc(I)c1OCc1ccc(C)cc1. The number of benzene rings is 3. The van der Waals surface area contributed by atoms with E-state index < -0.39 is 23.7 Å². The second kappa shape index (κ2) is 10.3. The van der Waals surface area contributed by atoms with Crippen molar-refractivity contribution in [2.45, 2.75) is 13.5 Å². The number of nitrogens with one attached hydrogen (secondary N) is 1. The van der Waals surface area contributed by atoms with Crippen molar-refractivity contribution in [1.82, 2.24) is 5.32 Å². The molecule has 7 nitrogen and oxygen atoms in total. The number of nitrogens with zero attached hydrogens (tertiary/aromatic N) is 1. The second-order valence-corrected chi connectivity index (χ2v) is 8.90. The molecule has 0 saturated carbocycles. The smallest absolute Gasteiger partial charge is 0.335 e. The van der Waals surface area contributed by atoms with Gasteiger partial charge in [0.2, 0.25) is 0 Å². The van der Waals surface area contributed by atoms with Crippen LogP contribution in [0.4, 0.5) is 14.9 Å². The van der Waals surface area contributed by atoms with Crippen LogP contribution in [0.15, 0.2) is 66.2 Å². The summed E-state index contributed by atoms with van der Waals surface area (Å²) in [5.41, 5.74) is 2.54. The van der Waals surface area contributed by atoms with Crippen molar-refractivity contribution in [3.63, 3.8) is 0 Å². The molecule has 3 aromatic carbocycles. The first-order valence-corrected chi connectivity index (χ1v) is 11.6. The van der Waals surface area contributed by atoms with Gasteiger partial charge in [-0.3, -0.25) is 14.9 Å². The minimum Gasteiger partial charge on any atom is -0.493 e. The average Bonchev–Trinajstić information content (AvgIpc) is 2.83. The first-order valence-electron chi connectivity index (χ1n) is 10.5. The van der Waals surface area contributed by atoms with Crippen molar-refractivity contribution < 1.29 is 28.2 Å². The van der Waals surface area contributed by atoms with Crippen LogP contribution in [0.5, 0.6) is 11.5 Å². The van der Waals surface area contributed by atoms with Crippen molar-refractivity contribution in [3.05, 3.63) is 92.3 Å². The first kappa shape index (κ1) is 24.4. The lowest BCUT2D eigenvalue weighted by Crippen LogP contribution is -2.54. The molecule has 1 saturated heterocycles. The van der Waals surface area contributed by atoms with E-state index in [-0.39, 0.29) is 11.3 Å². The van der Waals surface area contributed by atoms with Gasteiger partial charge in [0.25, 0.3) is 11.8 Å². The molecule has 1 aliphatic heterocycles. The molecular formula is C26H20FIN2O5. The van der Waals surface area contributed by atoms with Gasteiger partial charge in [0.1, 0.15) is 18.0 Å².